The van der Waals surface area contributed by atoms with Crippen molar-refractivity contribution >= 4 is 23.7 Å². The number of hydrogen-bond donors (Lipinski definition) is 1. The number of carbonyl (C=O) groups excluding carboxylic acids is 1. The molecule has 25 heavy (non-hydrogen) atoms. The Labute approximate surface area is 143 Å². The van der Waals surface area contributed by atoms with Crippen molar-refractivity contribution in [3.05, 3.63) is 58.3 Å². The van der Waals surface area contributed by atoms with Gasteiger partial charge in [0.05, 0.1) is 17.7 Å². The van der Waals surface area contributed by atoms with Crippen LogP contribution in [-0.4, -0.2) is 35.3 Å². The number of pyridine rings is 1. The summed E-state index contributed by atoms with van der Waals surface area (Å²) in [5.41, 5.74) is 3.37. The summed E-state index contributed by atoms with van der Waals surface area (Å²) < 4.78 is 10.0. The summed E-state index contributed by atoms with van der Waals surface area (Å²) in [7, 11) is 0. The zero-order valence-electron chi connectivity index (χ0n) is 13.4. The minimum atomic E-state index is -0.522. The number of anilines is 1. The van der Waals surface area contributed by atoms with Crippen molar-refractivity contribution in [3.8, 4) is 5.75 Å². The summed E-state index contributed by atoms with van der Waals surface area (Å²) in [5, 5.41) is 14.5. The second-order valence-corrected chi connectivity index (χ2v) is 4.69. The Hall–Kier alpha value is -3.49. The largest absolute Gasteiger partial charge is 0.482 e. The molecule has 2 rings (SSSR count). The van der Waals surface area contributed by atoms with Crippen LogP contribution in [-0.2, 0) is 9.53 Å². The lowest BCUT2D eigenvalue weighted by Crippen LogP contribution is -2.14. The Morgan fingerprint density at radius 2 is 2.08 bits per heavy atom. The molecule has 0 unspecified atom stereocenters. The lowest BCUT2D eigenvalue weighted by atomic mass is 10.2. The van der Waals surface area contributed by atoms with E-state index in [0.717, 1.165) is 11.8 Å². The van der Waals surface area contributed by atoms with Crippen LogP contribution in [0.5, 0.6) is 5.75 Å². The van der Waals surface area contributed by atoms with Gasteiger partial charge in [0, 0.05) is 6.07 Å². The van der Waals surface area contributed by atoms with Crippen molar-refractivity contribution in [1.29, 1.82) is 0 Å². The third-order valence-corrected chi connectivity index (χ3v) is 2.89. The van der Waals surface area contributed by atoms with Gasteiger partial charge in [0.15, 0.2) is 6.61 Å². The van der Waals surface area contributed by atoms with E-state index in [0.29, 0.717) is 18.2 Å². The van der Waals surface area contributed by atoms with Crippen molar-refractivity contribution in [2.24, 2.45) is 5.10 Å². The van der Waals surface area contributed by atoms with E-state index in [-0.39, 0.29) is 12.3 Å². The van der Waals surface area contributed by atoms with Crippen LogP contribution >= 0.6 is 0 Å². The molecule has 1 aromatic heterocycles. The quantitative estimate of drug-likeness (QED) is 0.338. The van der Waals surface area contributed by atoms with Gasteiger partial charge in [-0.25, -0.2) is 9.78 Å². The van der Waals surface area contributed by atoms with Gasteiger partial charge in [-0.1, -0.05) is 0 Å². The molecule has 9 heteroatoms. The zero-order valence-corrected chi connectivity index (χ0v) is 13.4. The molecule has 130 valence electrons. The standard InChI is InChI=1S/C16H16N4O5/c1-2-24-16(21)11-25-14-6-3-12(4-7-14)9-18-19-15-8-5-13(10-17-15)20(22)23/h3-10H,2,11H2,1H3,(H,17,19)/b18-9+. The van der Waals surface area contributed by atoms with E-state index in [4.69, 9.17) is 9.47 Å². The maximum absolute atomic E-state index is 11.2. The predicted octanol–water partition coefficient (Wildman–Crippen LogP) is 2.38. The number of hydrogen-bond acceptors (Lipinski definition) is 8. The molecule has 1 aromatic carbocycles. The second kappa shape index (κ2) is 8.96. The molecule has 0 aliphatic rings. The highest BCUT2D eigenvalue weighted by molar-refractivity contribution is 5.80. The van der Waals surface area contributed by atoms with Gasteiger partial charge in [0.2, 0.25) is 0 Å². The highest BCUT2D eigenvalue weighted by Crippen LogP contribution is 2.13. The van der Waals surface area contributed by atoms with Crippen LogP contribution in [0.4, 0.5) is 11.5 Å². The monoisotopic (exact) mass is 344 g/mol. The summed E-state index contributed by atoms with van der Waals surface area (Å²) in [4.78, 5) is 25.1. The first kappa shape index (κ1) is 17.9. The number of carbonyl (C=O) groups is 1. The summed E-state index contributed by atoms with van der Waals surface area (Å²) in [6.45, 7) is 1.90. The molecule has 0 saturated carbocycles. The fourth-order valence-corrected chi connectivity index (χ4v) is 1.73. The topological polar surface area (TPSA) is 116 Å². The van der Waals surface area contributed by atoms with E-state index < -0.39 is 10.9 Å². The number of nitrogens with zero attached hydrogens (tertiary/aromatic N) is 3. The Morgan fingerprint density at radius 3 is 2.68 bits per heavy atom. The van der Waals surface area contributed by atoms with Crippen molar-refractivity contribution in [1.82, 2.24) is 4.98 Å². The Morgan fingerprint density at radius 1 is 1.32 bits per heavy atom. The second-order valence-electron chi connectivity index (χ2n) is 4.69. The van der Waals surface area contributed by atoms with E-state index in [2.05, 4.69) is 15.5 Å². The Kier molecular flexibility index (Phi) is 6.40. The summed E-state index contributed by atoms with van der Waals surface area (Å²) in [6.07, 6.45) is 2.70. The fraction of sp³-hybridized carbons (Fsp3) is 0.188. The van der Waals surface area contributed by atoms with Gasteiger partial charge >= 0.3 is 5.97 Å². The highest BCUT2D eigenvalue weighted by Gasteiger charge is 2.04. The number of nitrogens with one attached hydrogen (secondary N) is 1. The van der Waals surface area contributed by atoms with Crippen molar-refractivity contribution in [2.45, 2.75) is 6.92 Å². The summed E-state index contributed by atoms with van der Waals surface area (Å²) in [6, 6.07) is 9.71. The van der Waals surface area contributed by atoms with E-state index in [1.54, 1.807) is 37.4 Å². The average Bonchev–Trinajstić information content (AvgIpc) is 2.62. The molecular formula is C16H16N4O5. The summed E-state index contributed by atoms with van der Waals surface area (Å²) >= 11 is 0. The number of hydrazone groups is 1. The molecule has 1 heterocycles. The maximum Gasteiger partial charge on any atom is 0.344 e. The van der Waals surface area contributed by atoms with Crippen molar-refractivity contribution in [2.75, 3.05) is 18.6 Å². The number of ether oxygens (including phenoxy) is 2. The number of benzene rings is 1. The van der Waals surface area contributed by atoms with Gasteiger partial charge in [-0.2, -0.15) is 5.10 Å². The van der Waals surface area contributed by atoms with Crippen LogP contribution in [0, 0.1) is 10.1 Å². The number of rotatable bonds is 8. The Bertz CT molecular complexity index is 744. The lowest BCUT2D eigenvalue weighted by Gasteiger charge is -2.05. The third-order valence-electron chi connectivity index (χ3n) is 2.89. The molecule has 0 amide bonds. The molecule has 0 atom stereocenters. The van der Waals surface area contributed by atoms with Gasteiger partial charge < -0.3 is 9.47 Å². The van der Waals surface area contributed by atoms with Crippen LogP contribution in [0.2, 0.25) is 0 Å². The SMILES string of the molecule is CCOC(=O)COc1ccc(/C=N/Nc2ccc([N+](=O)[O-])cn2)cc1. The van der Waals surface area contributed by atoms with E-state index in [1.165, 1.54) is 12.1 Å². The first-order valence-corrected chi connectivity index (χ1v) is 7.36. The summed E-state index contributed by atoms with van der Waals surface area (Å²) in [5.74, 6) is 0.499. The van der Waals surface area contributed by atoms with Crippen LogP contribution in [0.1, 0.15) is 12.5 Å². The third kappa shape index (κ3) is 5.90. The fourth-order valence-electron chi connectivity index (χ4n) is 1.73. The van der Waals surface area contributed by atoms with Gasteiger partial charge in [0.1, 0.15) is 17.8 Å². The molecular weight excluding hydrogens is 328 g/mol. The highest BCUT2D eigenvalue weighted by atomic mass is 16.6. The number of esters is 1. The van der Waals surface area contributed by atoms with Gasteiger partial charge in [-0.15, -0.1) is 0 Å². The predicted molar refractivity (Wildman–Crippen MR) is 90.7 cm³/mol. The van der Waals surface area contributed by atoms with E-state index >= 15 is 0 Å². The molecule has 0 bridgehead atoms. The van der Waals surface area contributed by atoms with Crippen LogP contribution in [0.25, 0.3) is 0 Å². The Balaban J connectivity index is 1.84. The molecule has 0 aliphatic carbocycles. The van der Waals surface area contributed by atoms with E-state index in [9.17, 15) is 14.9 Å². The minimum absolute atomic E-state index is 0.0899. The lowest BCUT2D eigenvalue weighted by molar-refractivity contribution is -0.385. The smallest absolute Gasteiger partial charge is 0.344 e. The van der Waals surface area contributed by atoms with Gasteiger partial charge in [0.25, 0.3) is 5.69 Å². The average molecular weight is 344 g/mol. The molecule has 2 aromatic rings. The molecule has 0 fully saturated rings. The van der Waals surface area contributed by atoms with Crippen molar-refractivity contribution < 1.29 is 19.2 Å². The number of nitro groups is 1. The maximum atomic E-state index is 11.2. The van der Waals surface area contributed by atoms with Gasteiger partial charge in [-0.05, 0) is 42.8 Å². The normalized spacial score (nSPS) is 10.4. The molecule has 0 saturated heterocycles. The molecule has 0 spiro atoms. The zero-order chi connectivity index (χ0) is 18.1. The van der Waals surface area contributed by atoms with Crippen LogP contribution in [0.15, 0.2) is 47.7 Å². The first-order chi connectivity index (χ1) is 12.1. The minimum Gasteiger partial charge on any atom is -0.482 e. The first-order valence-electron chi connectivity index (χ1n) is 7.36. The van der Waals surface area contributed by atoms with Crippen molar-refractivity contribution in [3.63, 3.8) is 0 Å². The molecule has 0 aliphatic heterocycles. The van der Waals surface area contributed by atoms with Crippen LogP contribution in [0.3, 0.4) is 0 Å². The number of aromatic nitrogens is 1. The van der Waals surface area contributed by atoms with E-state index in [1.807, 2.05) is 0 Å². The van der Waals surface area contributed by atoms with Gasteiger partial charge in [-0.3, -0.25) is 15.5 Å². The van der Waals surface area contributed by atoms with Crippen LogP contribution < -0.4 is 10.2 Å². The molecule has 1 N–H and O–H groups in total. The molecule has 9 nitrogen and oxygen atoms in total. The molecule has 0 radical (unpaired) electrons.